The van der Waals surface area contributed by atoms with Crippen molar-refractivity contribution in [1.82, 2.24) is 14.8 Å². The van der Waals surface area contributed by atoms with E-state index in [2.05, 4.69) is 65.5 Å². The molecule has 0 aliphatic heterocycles. The Hall–Kier alpha value is -4.31. The summed E-state index contributed by atoms with van der Waals surface area (Å²) in [5.41, 5.74) is 7.35. The molecule has 0 radical (unpaired) electrons. The minimum absolute atomic E-state index is 0.658. The Bertz CT molecular complexity index is 1340. The molecule has 5 aromatic rings. The van der Waals surface area contributed by atoms with Gasteiger partial charge in [-0.3, -0.25) is 0 Å². The number of benzene rings is 3. The summed E-state index contributed by atoms with van der Waals surface area (Å²) < 4.78 is 1.97. The fourth-order valence-electron chi connectivity index (χ4n) is 3.88. The van der Waals surface area contributed by atoms with E-state index in [9.17, 15) is 0 Å². The highest BCUT2D eigenvalue weighted by molar-refractivity contribution is 6.13. The number of aromatic nitrogens is 3. The summed E-state index contributed by atoms with van der Waals surface area (Å²) in [6, 6.07) is 35.0. The molecule has 0 bridgehead atoms. The van der Waals surface area contributed by atoms with Crippen molar-refractivity contribution in [3.8, 4) is 16.9 Å². The fourth-order valence-corrected chi connectivity index (χ4v) is 3.88. The van der Waals surface area contributed by atoms with Gasteiger partial charge in [0.15, 0.2) is 5.82 Å². The highest BCUT2D eigenvalue weighted by Gasteiger charge is 2.11. The largest absolute Gasteiger partial charge is 0.237 e. The molecular formula is C29H24N4. The van der Waals surface area contributed by atoms with E-state index in [1.54, 1.807) is 0 Å². The van der Waals surface area contributed by atoms with Gasteiger partial charge in [0.1, 0.15) is 0 Å². The zero-order chi connectivity index (χ0) is 22.5. The number of rotatable bonds is 6. The van der Waals surface area contributed by atoms with Crippen molar-refractivity contribution in [2.45, 2.75) is 13.3 Å². The molecule has 0 saturated carbocycles. The molecule has 5 rings (SSSR count). The third-order valence-corrected chi connectivity index (χ3v) is 5.57. The molecule has 0 fully saturated rings. The quantitative estimate of drug-likeness (QED) is 0.284. The van der Waals surface area contributed by atoms with E-state index in [1.165, 1.54) is 5.56 Å². The van der Waals surface area contributed by atoms with E-state index >= 15 is 0 Å². The maximum Gasteiger partial charge on any atom is 0.153 e. The minimum Gasteiger partial charge on any atom is -0.237 e. The van der Waals surface area contributed by atoms with Crippen LogP contribution < -0.4 is 0 Å². The molecule has 2 heterocycles. The van der Waals surface area contributed by atoms with Crippen LogP contribution in [0.3, 0.4) is 0 Å². The average molecular weight is 429 g/mol. The van der Waals surface area contributed by atoms with Gasteiger partial charge in [-0.1, -0.05) is 79.7 Å². The van der Waals surface area contributed by atoms with Gasteiger partial charge in [-0.15, -0.1) is 0 Å². The number of nitrogens with zero attached hydrogens (tertiary/aromatic N) is 4. The number of aliphatic imine (C=N–C) groups is 1. The van der Waals surface area contributed by atoms with E-state index in [0.29, 0.717) is 5.82 Å². The first-order chi connectivity index (χ1) is 16.3. The lowest BCUT2D eigenvalue weighted by molar-refractivity contribution is 0.884. The maximum atomic E-state index is 4.98. The second kappa shape index (κ2) is 9.45. The van der Waals surface area contributed by atoms with Gasteiger partial charge in [0.2, 0.25) is 0 Å². The van der Waals surface area contributed by atoms with Crippen LogP contribution in [-0.4, -0.2) is 20.5 Å². The fraction of sp³-hybridized carbons (Fsp3) is 0.0690. The molecule has 160 valence electrons. The highest BCUT2D eigenvalue weighted by Crippen LogP contribution is 2.26. The Morgan fingerprint density at radius 3 is 2.18 bits per heavy atom. The van der Waals surface area contributed by atoms with Crippen molar-refractivity contribution >= 4 is 11.5 Å². The Morgan fingerprint density at radius 2 is 1.48 bits per heavy atom. The van der Waals surface area contributed by atoms with E-state index in [4.69, 9.17) is 4.99 Å². The van der Waals surface area contributed by atoms with E-state index in [0.717, 1.165) is 40.2 Å². The van der Waals surface area contributed by atoms with E-state index in [-0.39, 0.29) is 0 Å². The SMILES string of the molecule is CCc1cccc(-n2nccc2-c2ccnc(N=C(c3ccccc3)c3ccccc3)c2)c1. The molecule has 4 nitrogen and oxygen atoms in total. The predicted molar refractivity (Wildman–Crippen MR) is 134 cm³/mol. The summed E-state index contributed by atoms with van der Waals surface area (Å²) in [6.45, 7) is 2.16. The Labute approximate surface area is 193 Å². The molecule has 4 heteroatoms. The van der Waals surface area contributed by atoms with Crippen molar-refractivity contribution in [2.24, 2.45) is 4.99 Å². The molecule has 3 aromatic carbocycles. The van der Waals surface area contributed by atoms with Gasteiger partial charge >= 0.3 is 0 Å². The lowest BCUT2D eigenvalue weighted by Gasteiger charge is -2.10. The van der Waals surface area contributed by atoms with Crippen LogP contribution in [0.1, 0.15) is 23.6 Å². The van der Waals surface area contributed by atoms with E-state index in [1.807, 2.05) is 71.7 Å². The van der Waals surface area contributed by atoms with Crippen LogP contribution in [-0.2, 0) is 6.42 Å². The van der Waals surface area contributed by atoms with E-state index < -0.39 is 0 Å². The van der Waals surface area contributed by atoms with Crippen LogP contribution in [0, 0.1) is 0 Å². The maximum absolute atomic E-state index is 4.98. The van der Waals surface area contributed by atoms with Crippen LogP contribution in [0.4, 0.5) is 5.82 Å². The summed E-state index contributed by atoms with van der Waals surface area (Å²) in [4.78, 5) is 9.53. The van der Waals surface area contributed by atoms with Gasteiger partial charge in [0, 0.05) is 22.9 Å². The molecule has 0 spiro atoms. The second-order valence-corrected chi connectivity index (χ2v) is 7.75. The first-order valence-corrected chi connectivity index (χ1v) is 11.1. The molecule has 0 atom stereocenters. The summed E-state index contributed by atoms with van der Waals surface area (Å²) in [5, 5.41) is 4.58. The normalized spacial score (nSPS) is 10.7. The zero-order valence-electron chi connectivity index (χ0n) is 18.5. The van der Waals surface area contributed by atoms with Gasteiger partial charge < -0.3 is 0 Å². The summed E-state index contributed by atoms with van der Waals surface area (Å²) in [5.74, 6) is 0.658. The molecule has 2 aromatic heterocycles. The topological polar surface area (TPSA) is 43.1 Å². The number of pyridine rings is 1. The summed E-state index contributed by atoms with van der Waals surface area (Å²) in [6.07, 6.45) is 4.62. The van der Waals surface area contributed by atoms with Crippen molar-refractivity contribution < 1.29 is 0 Å². The van der Waals surface area contributed by atoms with Crippen LogP contribution >= 0.6 is 0 Å². The predicted octanol–water partition coefficient (Wildman–Crippen LogP) is 6.67. The molecule has 0 aliphatic carbocycles. The number of hydrogen-bond acceptors (Lipinski definition) is 3. The van der Waals surface area contributed by atoms with Crippen LogP contribution in [0.5, 0.6) is 0 Å². The molecule has 0 aliphatic rings. The standard InChI is InChI=1S/C29H24N4/c1-2-22-10-9-15-26(20-22)33-27(17-19-31-33)25-16-18-30-28(21-25)32-29(23-11-5-3-6-12-23)24-13-7-4-8-14-24/h3-21H,2H2,1H3. The lowest BCUT2D eigenvalue weighted by atomic mass is 10.0. The highest BCUT2D eigenvalue weighted by atomic mass is 15.3. The third-order valence-electron chi connectivity index (χ3n) is 5.57. The van der Waals surface area contributed by atoms with Gasteiger partial charge in [-0.2, -0.15) is 5.10 Å². The first kappa shape index (κ1) is 20.6. The third kappa shape index (κ3) is 4.51. The molecule has 0 unspecified atom stereocenters. The summed E-state index contributed by atoms with van der Waals surface area (Å²) in [7, 11) is 0. The van der Waals surface area contributed by atoms with Crippen molar-refractivity contribution in [3.63, 3.8) is 0 Å². The van der Waals surface area contributed by atoms with Gasteiger partial charge in [-0.25, -0.2) is 14.7 Å². The van der Waals surface area contributed by atoms with Gasteiger partial charge in [-0.05, 0) is 42.3 Å². The van der Waals surface area contributed by atoms with Crippen LogP contribution in [0.25, 0.3) is 16.9 Å². The minimum atomic E-state index is 0.658. The smallest absolute Gasteiger partial charge is 0.153 e. The van der Waals surface area contributed by atoms with Gasteiger partial charge in [0.05, 0.1) is 23.3 Å². The molecule has 0 N–H and O–H groups in total. The molecule has 0 saturated heterocycles. The van der Waals surface area contributed by atoms with Crippen molar-refractivity contribution in [2.75, 3.05) is 0 Å². The zero-order valence-corrected chi connectivity index (χ0v) is 18.5. The Kier molecular flexibility index (Phi) is 5.89. The van der Waals surface area contributed by atoms with Crippen molar-refractivity contribution in [3.05, 3.63) is 132 Å². The van der Waals surface area contributed by atoms with Crippen LogP contribution in [0.15, 0.2) is 121 Å². The van der Waals surface area contributed by atoms with Crippen LogP contribution in [0.2, 0.25) is 0 Å². The van der Waals surface area contributed by atoms with Crippen molar-refractivity contribution in [1.29, 1.82) is 0 Å². The average Bonchev–Trinajstić information content (AvgIpc) is 3.39. The molecular weight excluding hydrogens is 404 g/mol. The Morgan fingerprint density at radius 1 is 0.758 bits per heavy atom. The second-order valence-electron chi connectivity index (χ2n) is 7.75. The lowest BCUT2D eigenvalue weighted by Crippen LogP contribution is -2.03. The Balaban J connectivity index is 1.58. The summed E-state index contributed by atoms with van der Waals surface area (Å²) >= 11 is 0. The molecule has 33 heavy (non-hydrogen) atoms. The monoisotopic (exact) mass is 428 g/mol. The first-order valence-electron chi connectivity index (χ1n) is 11.1. The molecule has 0 amide bonds. The number of aryl methyl sites for hydroxylation is 1. The number of hydrogen-bond donors (Lipinski definition) is 0. The van der Waals surface area contributed by atoms with Gasteiger partial charge in [0.25, 0.3) is 0 Å².